The first-order valence-corrected chi connectivity index (χ1v) is 29.1. The minimum absolute atomic E-state index is 0.00369. The molecule has 78 heavy (non-hydrogen) atoms. The molecule has 9 aromatic carbocycles. The standard InChI is InChI=1S/C74H74B2N2/c1-43(2)53-21-17-22-54(44(3)4)69(53)75-61-26-19-25-58-59-38-49(47-28-33-51(34-29-47)73(9,10)11)32-37-66(59)78(71(58)61)67-42-63-68(41-62(67)75)77-65-27-16-15-20-57(65)60-39-50(48-30-35-52(36-31-48)74(12,13)14)40-64(72(60)77)76(63)70-55(45(5)6)23-18-24-56(70)46(7)8/h15-46H,1-14H3. The first-order chi connectivity index (χ1) is 37.3. The van der Waals surface area contributed by atoms with E-state index in [2.05, 4.69) is 276 Å². The molecule has 0 radical (unpaired) electrons. The van der Waals surface area contributed by atoms with Gasteiger partial charge in [0.05, 0.1) is 11.0 Å². The maximum absolute atomic E-state index is 2.69. The highest BCUT2D eigenvalue weighted by Gasteiger charge is 2.42. The minimum atomic E-state index is -0.0424. The second-order valence-corrected chi connectivity index (χ2v) is 26.4. The van der Waals surface area contributed by atoms with E-state index in [1.54, 1.807) is 0 Å². The van der Waals surface area contributed by atoms with Crippen LogP contribution in [0.2, 0.25) is 0 Å². The van der Waals surface area contributed by atoms with E-state index < -0.39 is 0 Å². The molecule has 4 heteroatoms. The summed E-state index contributed by atoms with van der Waals surface area (Å²) in [6.07, 6.45) is 0. The fraction of sp³-hybridized carbons (Fsp3) is 0.270. The quantitative estimate of drug-likeness (QED) is 0.134. The lowest BCUT2D eigenvalue weighted by Crippen LogP contribution is -2.61. The summed E-state index contributed by atoms with van der Waals surface area (Å²) >= 11 is 0. The lowest BCUT2D eigenvalue weighted by Gasteiger charge is -2.36. The Hall–Kier alpha value is -7.29. The van der Waals surface area contributed by atoms with Crippen molar-refractivity contribution in [3.8, 4) is 33.6 Å². The van der Waals surface area contributed by atoms with Crippen LogP contribution in [0.25, 0.3) is 77.2 Å². The average Bonchev–Trinajstić information content (AvgIpc) is 3.18. The van der Waals surface area contributed by atoms with Gasteiger partial charge in [0.1, 0.15) is 0 Å². The SMILES string of the molecule is CC(C)c1cccc(C(C)C)c1B1c2cc3c(cc2-n2c4ccc(-c5ccc(C(C)(C)C)cc5)cc4c4cccc1c42)B(c1c(C(C)C)cccc1C(C)C)c1cc(-c2ccc(C(C)(C)C)cc2)cc2c4ccccc4n-3c12. The zero-order valence-corrected chi connectivity index (χ0v) is 48.5. The van der Waals surface area contributed by atoms with Gasteiger partial charge in [-0.1, -0.05) is 241 Å². The van der Waals surface area contributed by atoms with Crippen molar-refractivity contribution in [1.29, 1.82) is 0 Å². The van der Waals surface area contributed by atoms with Gasteiger partial charge in [-0.05, 0) is 148 Å². The van der Waals surface area contributed by atoms with Crippen LogP contribution in [0, 0.1) is 0 Å². The lowest BCUT2D eigenvalue weighted by molar-refractivity contribution is 0.590. The Kier molecular flexibility index (Phi) is 11.7. The largest absolute Gasteiger partial charge is 0.310 e. The lowest BCUT2D eigenvalue weighted by atomic mass is 9.31. The fourth-order valence-corrected chi connectivity index (χ4v) is 14.1. The second kappa shape index (κ2) is 18.1. The Morgan fingerprint density at radius 1 is 0.321 bits per heavy atom. The van der Waals surface area contributed by atoms with Crippen molar-refractivity contribution in [2.75, 3.05) is 0 Å². The summed E-state index contributed by atoms with van der Waals surface area (Å²) in [5.74, 6) is 1.32. The topological polar surface area (TPSA) is 9.86 Å². The first-order valence-electron chi connectivity index (χ1n) is 29.1. The van der Waals surface area contributed by atoms with Crippen molar-refractivity contribution < 1.29 is 0 Å². The van der Waals surface area contributed by atoms with Crippen LogP contribution in [0.4, 0.5) is 0 Å². The van der Waals surface area contributed by atoms with Crippen LogP contribution < -0.4 is 32.8 Å². The van der Waals surface area contributed by atoms with E-state index in [9.17, 15) is 0 Å². The Labute approximate surface area is 464 Å². The molecule has 11 aromatic rings. The molecule has 386 valence electrons. The molecule has 0 amide bonds. The number of fused-ring (bicyclic) bond motifs is 10. The summed E-state index contributed by atoms with van der Waals surface area (Å²) in [6.45, 7) is 32.9. The van der Waals surface area contributed by atoms with Gasteiger partial charge < -0.3 is 9.13 Å². The molecule has 13 rings (SSSR count). The normalized spacial score (nSPS) is 13.4. The van der Waals surface area contributed by atoms with E-state index in [0.717, 1.165) is 0 Å². The van der Waals surface area contributed by atoms with Crippen molar-refractivity contribution in [2.45, 2.75) is 131 Å². The Balaban J connectivity index is 1.19. The number of benzene rings is 9. The third-order valence-electron chi connectivity index (χ3n) is 18.1. The van der Waals surface area contributed by atoms with Gasteiger partial charge in [0.2, 0.25) is 13.4 Å². The molecule has 2 nitrogen and oxygen atoms in total. The van der Waals surface area contributed by atoms with E-state index in [1.807, 2.05) is 0 Å². The van der Waals surface area contributed by atoms with Gasteiger partial charge in [-0.2, -0.15) is 0 Å². The van der Waals surface area contributed by atoms with E-state index in [0.29, 0.717) is 23.7 Å². The third kappa shape index (κ3) is 7.67. The molecule has 0 saturated heterocycles. The van der Waals surface area contributed by atoms with Crippen LogP contribution in [0.15, 0.2) is 170 Å². The average molecular weight is 1010 g/mol. The number of aromatic nitrogens is 2. The van der Waals surface area contributed by atoms with Crippen LogP contribution in [0.5, 0.6) is 0 Å². The summed E-state index contributed by atoms with van der Waals surface area (Å²) < 4.78 is 5.37. The van der Waals surface area contributed by atoms with Crippen molar-refractivity contribution in [3.63, 3.8) is 0 Å². The highest BCUT2D eigenvalue weighted by Crippen LogP contribution is 2.41. The second-order valence-electron chi connectivity index (χ2n) is 26.4. The number of para-hydroxylation sites is 2. The zero-order chi connectivity index (χ0) is 54.4. The van der Waals surface area contributed by atoms with Crippen molar-refractivity contribution in [3.05, 3.63) is 203 Å². The molecular formula is C74H74B2N2. The van der Waals surface area contributed by atoms with Crippen LogP contribution in [-0.2, 0) is 10.8 Å². The molecule has 0 aliphatic carbocycles. The summed E-state index contributed by atoms with van der Waals surface area (Å²) in [6, 6.07) is 67.2. The molecule has 0 bridgehead atoms. The maximum Gasteiger partial charge on any atom is 0.247 e. The summed E-state index contributed by atoms with van der Waals surface area (Å²) in [4.78, 5) is 0. The predicted octanol–water partition coefficient (Wildman–Crippen LogP) is 16.0. The van der Waals surface area contributed by atoms with Gasteiger partial charge >= 0.3 is 0 Å². The van der Waals surface area contributed by atoms with E-state index in [1.165, 1.54) is 143 Å². The summed E-state index contributed by atoms with van der Waals surface area (Å²) in [5, 5.41) is 5.22. The van der Waals surface area contributed by atoms with Gasteiger partial charge in [0.15, 0.2) is 0 Å². The Morgan fingerprint density at radius 3 is 1.23 bits per heavy atom. The molecule has 0 atom stereocenters. The van der Waals surface area contributed by atoms with Crippen molar-refractivity contribution >= 4 is 89.8 Å². The fourth-order valence-electron chi connectivity index (χ4n) is 14.1. The Bertz CT molecular complexity index is 4170. The number of hydrogen-bond donors (Lipinski definition) is 0. The van der Waals surface area contributed by atoms with Gasteiger partial charge in [0.25, 0.3) is 0 Å². The van der Waals surface area contributed by atoms with Crippen molar-refractivity contribution in [2.24, 2.45) is 0 Å². The summed E-state index contributed by atoms with van der Waals surface area (Å²) in [5.41, 5.74) is 29.8. The van der Waals surface area contributed by atoms with Gasteiger partial charge in [-0.15, -0.1) is 0 Å². The summed E-state index contributed by atoms with van der Waals surface area (Å²) in [7, 11) is 0. The monoisotopic (exact) mass is 1010 g/mol. The molecular weight excluding hydrogens is 938 g/mol. The highest BCUT2D eigenvalue weighted by molar-refractivity contribution is 7.00. The number of nitrogens with zero attached hydrogens (tertiary/aromatic N) is 2. The van der Waals surface area contributed by atoms with Crippen LogP contribution in [-0.4, -0.2) is 22.6 Å². The molecule has 0 unspecified atom stereocenters. The molecule has 0 spiro atoms. The molecule has 4 heterocycles. The maximum atomic E-state index is 2.69. The van der Waals surface area contributed by atoms with Crippen molar-refractivity contribution in [1.82, 2.24) is 9.13 Å². The molecule has 2 aliphatic rings. The molecule has 0 N–H and O–H groups in total. The van der Waals surface area contributed by atoms with Gasteiger partial charge in [0, 0.05) is 44.0 Å². The minimum Gasteiger partial charge on any atom is -0.310 e. The van der Waals surface area contributed by atoms with Crippen LogP contribution >= 0.6 is 0 Å². The van der Waals surface area contributed by atoms with Gasteiger partial charge in [-0.3, -0.25) is 0 Å². The highest BCUT2D eigenvalue weighted by atomic mass is 15.0. The van der Waals surface area contributed by atoms with Crippen LogP contribution in [0.3, 0.4) is 0 Å². The number of hydrogen-bond acceptors (Lipinski definition) is 0. The van der Waals surface area contributed by atoms with E-state index >= 15 is 0 Å². The molecule has 2 aromatic heterocycles. The predicted molar refractivity (Wildman–Crippen MR) is 342 cm³/mol. The third-order valence-corrected chi connectivity index (χ3v) is 18.1. The number of rotatable bonds is 8. The van der Waals surface area contributed by atoms with Crippen LogP contribution in [0.1, 0.15) is 154 Å². The zero-order valence-electron chi connectivity index (χ0n) is 48.5. The molecule has 0 fully saturated rings. The molecule has 2 aliphatic heterocycles. The van der Waals surface area contributed by atoms with E-state index in [-0.39, 0.29) is 24.3 Å². The molecule has 0 saturated carbocycles. The Morgan fingerprint density at radius 2 is 0.731 bits per heavy atom. The van der Waals surface area contributed by atoms with E-state index in [4.69, 9.17) is 0 Å². The first kappa shape index (κ1) is 50.2. The van der Waals surface area contributed by atoms with Gasteiger partial charge in [-0.25, -0.2) is 0 Å². The smallest absolute Gasteiger partial charge is 0.247 e.